The summed E-state index contributed by atoms with van der Waals surface area (Å²) in [5.74, 6) is -0.151. The Morgan fingerprint density at radius 3 is 2.63 bits per heavy atom. The van der Waals surface area contributed by atoms with Crippen LogP contribution >= 0.6 is 23.2 Å². The largest absolute Gasteiger partial charge is 0.396 e. The molecule has 1 aromatic carbocycles. The molecule has 0 saturated carbocycles. The van der Waals surface area contributed by atoms with Gasteiger partial charge in [-0.15, -0.1) is 0 Å². The average molecular weight is 308 g/mol. The molecule has 0 amide bonds. The van der Waals surface area contributed by atoms with Gasteiger partial charge in [-0.3, -0.25) is 0 Å². The van der Waals surface area contributed by atoms with E-state index in [9.17, 15) is 4.39 Å². The van der Waals surface area contributed by atoms with Crippen molar-refractivity contribution in [3.63, 3.8) is 0 Å². The maximum atomic E-state index is 13.4. The SMILES string of the molecule is CC(CO)CCCNC(C)c1c(Cl)ccc(F)c1Cl. The molecule has 2 N–H and O–H groups in total. The number of hydrogen-bond donors (Lipinski definition) is 2. The fourth-order valence-corrected chi connectivity index (χ4v) is 2.60. The van der Waals surface area contributed by atoms with Gasteiger partial charge in [0.15, 0.2) is 0 Å². The summed E-state index contributed by atoms with van der Waals surface area (Å²) < 4.78 is 13.4. The molecule has 19 heavy (non-hydrogen) atoms. The minimum absolute atomic E-state index is 0.0798. The van der Waals surface area contributed by atoms with Gasteiger partial charge in [0.25, 0.3) is 0 Å². The van der Waals surface area contributed by atoms with Crippen molar-refractivity contribution in [1.82, 2.24) is 5.32 Å². The highest BCUT2D eigenvalue weighted by Gasteiger charge is 2.16. The van der Waals surface area contributed by atoms with E-state index in [4.69, 9.17) is 28.3 Å². The number of benzene rings is 1. The van der Waals surface area contributed by atoms with Gasteiger partial charge >= 0.3 is 0 Å². The summed E-state index contributed by atoms with van der Waals surface area (Å²) in [5, 5.41) is 12.7. The lowest BCUT2D eigenvalue weighted by atomic mass is 10.1. The number of nitrogens with one attached hydrogen (secondary N) is 1. The Labute approximate surface area is 123 Å². The Hall–Kier alpha value is -0.350. The van der Waals surface area contributed by atoms with Crippen LogP contribution in [-0.4, -0.2) is 18.3 Å². The van der Waals surface area contributed by atoms with Gasteiger partial charge in [-0.1, -0.05) is 30.1 Å². The molecule has 0 saturated heterocycles. The van der Waals surface area contributed by atoms with Crippen molar-refractivity contribution in [2.75, 3.05) is 13.2 Å². The Bertz CT molecular complexity index is 415. The number of aliphatic hydroxyl groups is 1. The molecular weight excluding hydrogens is 288 g/mol. The molecule has 0 aliphatic heterocycles. The summed E-state index contributed by atoms with van der Waals surface area (Å²) in [5.41, 5.74) is 0.596. The molecule has 0 aliphatic carbocycles. The lowest BCUT2D eigenvalue weighted by Crippen LogP contribution is -2.21. The smallest absolute Gasteiger partial charge is 0.142 e. The topological polar surface area (TPSA) is 32.3 Å². The lowest BCUT2D eigenvalue weighted by molar-refractivity contribution is 0.227. The molecule has 0 fully saturated rings. The first kappa shape index (κ1) is 16.7. The van der Waals surface area contributed by atoms with Crippen LogP contribution in [0.15, 0.2) is 12.1 Å². The third kappa shape index (κ3) is 4.92. The maximum absolute atomic E-state index is 13.4. The minimum atomic E-state index is -0.455. The lowest BCUT2D eigenvalue weighted by Gasteiger charge is -2.18. The van der Waals surface area contributed by atoms with Crippen molar-refractivity contribution in [2.24, 2.45) is 5.92 Å². The first-order valence-electron chi connectivity index (χ1n) is 6.45. The first-order valence-corrected chi connectivity index (χ1v) is 7.20. The normalized spacial score (nSPS) is 14.4. The van der Waals surface area contributed by atoms with Crippen LogP contribution < -0.4 is 5.32 Å². The van der Waals surface area contributed by atoms with E-state index in [0.717, 1.165) is 19.4 Å². The summed E-state index contributed by atoms with van der Waals surface area (Å²) in [6.07, 6.45) is 1.89. The van der Waals surface area contributed by atoms with Crippen LogP contribution in [0, 0.1) is 11.7 Å². The van der Waals surface area contributed by atoms with Gasteiger partial charge in [-0.2, -0.15) is 0 Å². The molecule has 2 atom stereocenters. The molecule has 0 heterocycles. The van der Waals surface area contributed by atoms with E-state index in [2.05, 4.69) is 5.32 Å². The Morgan fingerprint density at radius 2 is 2.00 bits per heavy atom. The van der Waals surface area contributed by atoms with E-state index in [1.54, 1.807) is 0 Å². The summed E-state index contributed by atoms with van der Waals surface area (Å²) >= 11 is 12.0. The fraction of sp³-hybridized carbons (Fsp3) is 0.571. The highest BCUT2D eigenvalue weighted by atomic mass is 35.5. The average Bonchev–Trinajstić information content (AvgIpc) is 2.39. The number of rotatable bonds is 7. The van der Waals surface area contributed by atoms with Crippen LogP contribution in [-0.2, 0) is 0 Å². The van der Waals surface area contributed by atoms with Gasteiger partial charge in [0.1, 0.15) is 5.82 Å². The zero-order valence-corrected chi connectivity index (χ0v) is 12.7. The van der Waals surface area contributed by atoms with E-state index in [1.165, 1.54) is 12.1 Å². The Balaban J connectivity index is 2.54. The van der Waals surface area contributed by atoms with Crippen molar-refractivity contribution < 1.29 is 9.50 Å². The van der Waals surface area contributed by atoms with E-state index in [0.29, 0.717) is 16.5 Å². The van der Waals surface area contributed by atoms with Crippen LogP contribution in [0.3, 0.4) is 0 Å². The first-order chi connectivity index (χ1) is 8.97. The molecule has 0 aliphatic rings. The highest BCUT2D eigenvalue weighted by Crippen LogP contribution is 2.32. The quantitative estimate of drug-likeness (QED) is 0.585. The Kier molecular flexibility index (Phi) is 7.08. The summed E-state index contributed by atoms with van der Waals surface area (Å²) in [6.45, 7) is 4.89. The zero-order chi connectivity index (χ0) is 14.4. The van der Waals surface area contributed by atoms with Gasteiger partial charge in [0.2, 0.25) is 0 Å². The van der Waals surface area contributed by atoms with Gasteiger partial charge in [-0.25, -0.2) is 4.39 Å². The molecule has 0 bridgehead atoms. The van der Waals surface area contributed by atoms with Crippen molar-refractivity contribution in [2.45, 2.75) is 32.7 Å². The summed E-state index contributed by atoms with van der Waals surface area (Å²) in [6, 6.07) is 2.67. The van der Waals surface area contributed by atoms with Gasteiger partial charge < -0.3 is 10.4 Å². The molecule has 0 spiro atoms. The number of hydrogen-bond acceptors (Lipinski definition) is 2. The monoisotopic (exact) mass is 307 g/mol. The molecule has 1 rings (SSSR count). The summed E-state index contributed by atoms with van der Waals surface area (Å²) in [4.78, 5) is 0. The second-order valence-electron chi connectivity index (χ2n) is 4.86. The molecule has 2 nitrogen and oxygen atoms in total. The molecule has 108 valence electrons. The second kappa shape index (κ2) is 8.05. The van der Waals surface area contributed by atoms with Crippen LogP contribution in [0.25, 0.3) is 0 Å². The number of aliphatic hydroxyl groups excluding tert-OH is 1. The summed E-state index contributed by atoms with van der Waals surface area (Å²) in [7, 11) is 0. The molecule has 0 radical (unpaired) electrons. The maximum Gasteiger partial charge on any atom is 0.142 e. The minimum Gasteiger partial charge on any atom is -0.396 e. The van der Waals surface area contributed by atoms with Crippen molar-refractivity contribution in [3.05, 3.63) is 33.6 Å². The van der Waals surface area contributed by atoms with Crippen molar-refractivity contribution in [1.29, 1.82) is 0 Å². The van der Waals surface area contributed by atoms with Gasteiger partial charge in [-0.05, 0) is 44.4 Å². The van der Waals surface area contributed by atoms with Crippen molar-refractivity contribution >= 4 is 23.2 Å². The van der Waals surface area contributed by atoms with E-state index in [1.807, 2.05) is 13.8 Å². The molecule has 2 unspecified atom stereocenters. The number of halogens is 3. The fourth-order valence-electron chi connectivity index (χ4n) is 1.90. The van der Waals surface area contributed by atoms with Crippen LogP contribution in [0.2, 0.25) is 10.0 Å². The van der Waals surface area contributed by atoms with E-state index >= 15 is 0 Å². The molecule has 0 aromatic heterocycles. The highest BCUT2D eigenvalue weighted by molar-refractivity contribution is 6.36. The zero-order valence-electron chi connectivity index (χ0n) is 11.2. The van der Waals surface area contributed by atoms with Gasteiger partial charge in [0, 0.05) is 23.2 Å². The van der Waals surface area contributed by atoms with Crippen LogP contribution in [0.5, 0.6) is 0 Å². The second-order valence-corrected chi connectivity index (χ2v) is 5.65. The van der Waals surface area contributed by atoms with Crippen LogP contribution in [0.1, 0.15) is 38.3 Å². The van der Waals surface area contributed by atoms with E-state index in [-0.39, 0.29) is 17.7 Å². The predicted molar refractivity (Wildman–Crippen MR) is 78.3 cm³/mol. The standard InChI is InChI=1S/C14H20Cl2FNO/c1-9(8-19)4-3-7-18-10(2)13-11(15)5-6-12(17)14(13)16/h5-6,9-10,18-19H,3-4,7-8H2,1-2H3. The van der Waals surface area contributed by atoms with Crippen LogP contribution in [0.4, 0.5) is 4.39 Å². The van der Waals surface area contributed by atoms with E-state index < -0.39 is 5.82 Å². The Morgan fingerprint density at radius 1 is 1.32 bits per heavy atom. The van der Waals surface area contributed by atoms with Gasteiger partial charge in [0.05, 0.1) is 5.02 Å². The third-order valence-electron chi connectivity index (χ3n) is 3.15. The predicted octanol–water partition coefficient (Wildman–Crippen LogP) is 4.19. The molecule has 1 aromatic rings. The third-order valence-corrected chi connectivity index (χ3v) is 3.86. The molecular formula is C14H20Cl2FNO. The molecule has 5 heteroatoms. The van der Waals surface area contributed by atoms with Crippen molar-refractivity contribution in [3.8, 4) is 0 Å².